The molecule has 2 N–H and O–H groups in total. The molecule has 14 heteroatoms. The van der Waals surface area contributed by atoms with E-state index in [-0.39, 0.29) is 0 Å². The molecule has 0 amide bonds. The molecule has 1 aliphatic carbocycles. The van der Waals surface area contributed by atoms with Gasteiger partial charge in [-0.15, -0.1) is 0 Å². The number of hydrogen-bond donors (Lipinski definition) is 2. The van der Waals surface area contributed by atoms with Gasteiger partial charge in [0.1, 0.15) is 6.54 Å². The van der Waals surface area contributed by atoms with Gasteiger partial charge >= 0.3 is 12.1 Å². The van der Waals surface area contributed by atoms with Crippen LogP contribution in [-0.4, -0.2) is 43.9 Å². The van der Waals surface area contributed by atoms with E-state index in [4.69, 9.17) is 5.11 Å². The first-order valence-corrected chi connectivity index (χ1v) is 12.3. The first-order chi connectivity index (χ1) is 14.2. The van der Waals surface area contributed by atoms with Crippen LogP contribution in [0.1, 0.15) is 35.7 Å². The number of sulfone groups is 1. The van der Waals surface area contributed by atoms with Crippen molar-refractivity contribution in [2.45, 2.75) is 47.8 Å². The Labute approximate surface area is 175 Å². The van der Waals surface area contributed by atoms with Crippen molar-refractivity contribution in [1.29, 1.82) is 0 Å². The van der Waals surface area contributed by atoms with Crippen LogP contribution in [0.3, 0.4) is 0 Å². The van der Waals surface area contributed by atoms with Gasteiger partial charge in [-0.1, -0.05) is 0 Å². The summed E-state index contributed by atoms with van der Waals surface area (Å²) in [5.41, 5.74) is -0.469. The average molecular weight is 481 g/mol. The van der Waals surface area contributed by atoms with E-state index in [1.165, 1.54) is 10.9 Å². The maximum atomic E-state index is 13.2. The SMILES string of the molecule is CS(=O)(=O)c1cc(C(F)(F)F)cc(S(=O)(=O)N[C@@H]2CCCc3c2cnn3CC(=O)O)c1. The molecule has 1 aliphatic rings. The number of hydrogen-bond acceptors (Lipinski definition) is 6. The number of nitrogens with zero attached hydrogens (tertiary/aromatic N) is 2. The Kier molecular flexibility index (Phi) is 5.92. The summed E-state index contributed by atoms with van der Waals surface area (Å²) in [7, 11) is -8.67. The Morgan fingerprint density at radius 3 is 2.45 bits per heavy atom. The lowest BCUT2D eigenvalue weighted by Gasteiger charge is -2.24. The molecule has 0 spiro atoms. The Hall–Kier alpha value is -2.45. The number of carboxylic acids is 1. The number of aliphatic carboxylic acids is 1. The van der Waals surface area contributed by atoms with Gasteiger partial charge in [0, 0.05) is 17.5 Å². The Balaban J connectivity index is 2.01. The van der Waals surface area contributed by atoms with E-state index in [1.54, 1.807) is 0 Å². The summed E-state index contributed by atoms with van der Waals surface area (Å²) in [6, 6.07) is 0.565. The van der Waals surface area contributed by atoms with Gasteiger partial charge < -0.3 is 5.11 Å². The number of benzene rings is 1. The predicted molar refractivity (Wildman–Crippen MR) is 100 cm³/mol. The van der Waals surface area contributed by atoms with E-state index in [0.29, 0.717) is 55.0 Å². The van der Waals surface area contributed by atoms with E-state index < -0.39 is 59.9 Å². The van der Waals surface area contributed by atoms with Crippen LogP contribution < -0.4 is 4.72 Å². The second-order valence-corrected chi connectivity index (χ2v) is 10.9. The zero-order valence-electron chi connectivity index (χ0n) is 16.0. The van der Waals surface area contributed by atoms with Crippen molar-refractivity contribution >= 4 is 25.8 Å². The highest BCUT2D eigenvalue weighted by molar-refractivity contribution is 7.91. The highest BCUT2D eigenvalue weighted by atomic mass is 32.2. The summed E-state index contributed by atoms with van der Waals surface area (Å²) in [6.45, 7) is -0.417. The van der Waals surface area contributed by atoms with E-state index in [1.807, 2.05) is 0 Å². The fourth-order valence-electron chi connectivity index (χ4n) is 3.37. The minimum absolute atomic E-state index is 0.308. The number of halogens is 3. The molecule has 0 saturated carbocycles. The smallest absolute Gasteiger partial charge is 0.416 e. The largest absolute Gasteiger partial charge is 0.480 e. The lowest BCUT2D eigenvalue weighted by molar-refractivity contribution is -0.138. The van der Waals surface area contributed by atoms with E-state index in [9.17, 15) is 34.8 Å². The van der Waals surface area contributed by atoms with Gasteiger partial charge in [-0.3, -0.25) is 9.48 Å². The topological polar surface area (TPSA) is 135 Å². The number of aromatic nitrogens is 2. The Morgan fingerprint density at radius 2 is 1.87 bits per heavy atom. The van der Waals surface area contributed by atoms with Crippen LogP contribution in [0.4, 0.5) is 13.2 Å². The fourth-order valence-corrected chi connectivity index (χ4v) is 5.44. The van der Waals surface area contributed by atoms with E-state index >= 15 is 0 Å². The molecule has 1 aromatic heterocycles. The minimum atomic E-state index is -4.96. The van der Waals surface area contributed by atoms with Gasteiger partial charge in [0.05, 0.1) is 27.6 Å². The Bertz CT molecular complexity index is 1240. The van der Waals surface area contributed by atoms with Gasteiger partial charge in [0.25, 0.3) is 0 Å². The third-order valence-electron chi connectivity index (χ3n) is 4.79. The number of nitrogens with one attached hydrogen (secondary N) is 1. The van der Waals surface area contributed by atoms with E-state index in [2.05, 4.69) is 9.82 Å². The van der Waals surface area contributed by atoms with Crippen LogP contribution in [0.15, 0.2) is 34.2 Å². The van der Waals surface area contributed by atoms with Gasteiger partial charge in [-0.25, -0.2) is 21.6 Å². The van der Waals surface area contributed by atoms with Gasteiger partial charge in [0.2, 0.25) is 10.0 Å². The summed E-state index contributed by atoms with van der Waals surface area (Å²) in [6.07, 6.45) is -1.70. The molecule has 0 saturated heterocycles. The number of sulfonamides is 1. The second-order valence-electron chi connectivity index (χ2n) is 7.13. The summed E-state index contributed by atoms with van der Waals surface area (Å²) in [5, 5.41) is 12.9. The average Bonchev–Trinajstić information content (AvgIpc) is 3.03. The van der Waals surface area contributed by atoms with Gasteiger partial charge in [-0.05, 0) is 37.5 Å². The fraction of sp³-hybridized carbons (Fsp3) is 0.412. The highest BCUT2D eigenvalue weighted by Gasteiger charge is 2.35. The molecule has 0 bridgehead atoms. The highest BCUT2D eigenvalue weighted by Crippen LogP contribution is 2.34. The molecule has 0 aliphatic heterocycles. The molecule has 9 nitrogen and oxygen atoms in total. The zero-order valence-corrected chi connectivity index (χ0v) is 17.7. The van der Waals surface area contributed by atoms with Crippen LogP contribution >= 0.6 is 0 Å². The molecule has 0 fully saturated rings. The number of carboxylic acid groups (broad SMARTS) is 1. The molecule has 0 radical (unpaired) electrons. The molecular weight excluding hydrogens is 463 g/mol. The van der Waals surface area contributed by atoms with Gasteiger partial charge in [0.15, 0.2) is 9.84 Å². The monoisotopic (exact) mass is 481 g/mol. The van der Waals surface area contributed by atoms with Crippen LogP contribution in [0.5, 0.6) is 0 Å². The van der Waals surface area contributed by atoms with Crippen molar-refractivity contribution in [2.75, 3.05) is 6.26 Å². The summed E-state index contributed by atoms with van der Waals surface area (Å²) >= 11 is 0. The van der Waals surface area contributed by atoms with Crippen molar-refractivity contribution in [3.63, 3.8) is 0 Å². The molecule has 0 unspecified atom stereocenters. The van der Waals surface area contributed by atoms with Crippen molar-refractivity contribution in [3.05, 3.63) is 41.2 Å². The summed E-state index contributed by atoms with van der Waals surface area (Å²) in [5.74, 6) is -1.13. The summed E-state index contributed by atoms with van der Waals surface area (Å²) in [4.78, 5) is 9.34. The minimum Gasteiger partial charge on any atom is -0.480 e. The predicted octanol–water partition coefficient (Wildman–Crippen LogP) is 1.75. The van der Waals surface area contributed by atoms with Crippen molar-refractivity contribution in [2.24, 2.45) is 0 Å². The Morgan fingerprint density at radius 1 is 1.23 bits per heavy atom. The van der Waals surface area contributed by atoms with E-state index in [0.717, 1.165) is 0 Å². The maximum absolute atomic E-state index is 13.2. The molecule has 1 atom stereocenters. The van der Waals surface area contributed by atoms with Crippen molar-refractivity contribution < 1.29 is 39.9 Å². The molecule has 2 aromatic rings. The molecule has 1 heterocycles. The first-order valence-electron chi connectivity index (χ1n) is 8.89. The lowest BCUT2D eigenvalue weighted by Crippen LogP contribution is -2.31. The lowest BCUT2D eigenvalue weighted by atomic mass is 9.94. The summed E-state index contributed by atoms with van der Waals surface area (Å²) < 4.78 is 92.5. The van der Waals surface area contributed by atoms with Crippen molar-refractivity contribution in [3.8, 4) is 0 Å². The molecule has 3 rings (SSSR count). The van der Waals surface area contributed by atoms with Crippen molar-refractivity contribution in [1.82, 2.24) is 14.5 Å². The third kappa shape index (κ3) is 5.07. The molecule has 1 aromatic carbocycles. The quantitative estimate of drug-likeness (QED) is 0.642. The number of alkyl halides is 3. The maximum Gasteiger partial charge on any atom is 0.416 e. The molecule has 31 heavy (non-hydrogen) atoms. The first kappa shape index (κ1) is 23.2. The van der Waals surface area contributed by atoms with Crippen LogP contribution in [-0.2, 0) is 43.8 Å². The van der Waals surface area contributed by atoms with Crippen LogP contribution in [0, 0.1) is 0 Å². The third-order valence-corrected chi connectivity index (χ3v) is 7.33. The number of fused-ring (bicyclic) bond motifs is 1. The standard InChI is InChI=1S/C17H18F3N3O6S2/c1-30(26,27)11-5-10(17(18,19)20)6-12(7-11)31(28,29)22-14-3-2-4-15-13(14)8-21-23(15)9-16(24)25/h5-8,14,22H,2-4,9H2,1H3,(H,24,25)/t14-/m1/s1. The zero-order chi connectivity index (χ0) is 23.2. The van der Waals surface area contributed by atoms with Crippen LogP contribution in [0.25, 0.3) is 0 Å². The molecule has 170 valence electrons. The van der Waals surface area contributed by atoms with Crippen LogP contribution in [0.2, 0.25) is 0 Å². The normalized spacial score (nSPS) is 17.4. The number of carbonyl (C=O) groups is 1. The second kappa shape index (κ2) is 7.91. The molecular formula is C17H18F3N3O6S2. The number of rotatable bonds is 6. The van der Waals surface area contributed by atoms with Gasteiger partial charge in [-0.2, -0.15) is 18.3 Å².